The Morgan fingerprint density at radius 3 is 3.16 bits per heavy atom. The molecule has 2 rings (SSSR count). The van der Waals surface area contributed by atoms with Crippen LogP contribution >= 0.6 is 10.8 Å². The fourth-order valence-electron chi connectivity index (χ4n) is 1.42. The van der Waals surface area contributed by atoms with Crippen molar-refractivity contribution in [2.24, 2.45) is 0 Å². The minimum absolute atomic E-state index is 0.292. The molecule has 0 amide bonds. The van der Waals surface area contributed by atoms with E-state index in [2.05, 4.69) is 10.3 Å². The van der Waals surface area contributed by atoms with Gasteiger partial charge >= 0.3 is 5.97 Å². The van der Waals surface area contributed by atoms with E-state index in [9.17, 15) is 4.79 Å². The number of carboxylic acid groups (broad SMARTS) is 1. The molecular weight excluding hydrogens is 264 g/mol. The monoisotopic (exact) mass is 278 g/mol. The summed E-state index contributed by atoms with van der Waals surface area (Å²) in [5, 5.41) is 15.5. The largest absolute Gasteiger partial charge is 0.479 e. The normalized spacial score (nSPS) is 17.5. The Bertz CT molecular complexity index is 538. The number of nitrogens with one attached hydrogen (secondary N) is 1. The second-order valence-electron chi connectivity index (χ2n) is 3.77. The first kappa shape index (κ1) is 13.5. The molecule has 1 aliphatic rings. The molecule has 0 saturated heterocycles. The van der Waals surface area contributed by atoms with E-state index in [0.29, 0.717) is 6.54 Å². The first-order valence-electron chi connectivity index (χ1n) is 5.67. The molecule has 0 aromatic carbocycles. The van der Waals surface area contributed by atoms with Crippen molar-refractivity contribution in [2.75, 3.05) is 6.61 Å². The van der Waals surface area contributed by atoms with Crippen molar-refractivity contribution in [1.29, 1.82) is 0 Å². The number of rotatable bonds is 6. The minimum Gasteiger partial charge on any atom is -0.479 e. The van der Waals surface area contributed by atoms with Crippen molar-refractivity contribution in [3.63, 3.8) is 0 Å². The summed E-state index contributed by atoms with van der Waals surface area (Å²) in [5.74, 6) is -0.964. The number of allylic oxidation sites excluding steroid dienone is 2. The number of hydrogen-bond donors (Lipinski definition) is 2. The summed E-state index contributed by atoms with van der Waals surface area (Å²) in [7, 11) is -0.586. The molecule has 0 bridgehead atoms. The summed E-state index contributed by atoms with van der Waals surface area (Å²) in [6, 6.07) is 3.87. The lowest BCUT2D eigenvalue weighted by Gasteiger charge is -2.12. The number of aliphatic carboxylic acids is 1. The zero-order valence-corrected chi connectivity index (χ0v) is 11.0. The zero-order valence-electron chi connectivity index (χ0n) is 10.2. The third-order valence-corrected chi connectivity index (χ3v) is 3.57. The second kappa shape index (κ2) is 6.86. The van der Waals surface area contributed by atoms with Gasteiger partial charge < -0.3 is 14.6 Å². The van der Waals surface area contributed by atoms with E-state index in [-0.39, 0.29) is 6.61 Å². The van der Waals surface area contributed by atoms with E-state index in [4.69, 9.17) is 9.29 Å². The van der Waals surface area contributed by atoms with Crippen LogP contribution in [0, 0.1) is 0 Å². The molecule has 2 N–H and O–H groups in total. The van der Waals surface area contributed by atoms with Gasteiger partial charge in [0.25, 0.3) is 0 Å². The van der Waals surface area contributed by atoms with Gasteiger partial charge in [-0.05, 0) is 33.8 Å². The van der Waals surface area contributed by atoms with Crippen LogP contribution in [0.1, 0.15) is 5.56 Å². The number of carboxylic acids is 1. The molecule has 0 spiro atoms. The smallest absolute Gasteiger partial charge is 0.330 e. The molecule has 0 aliphatic carbocycles. The molecule has 1 unspecified atom stereocenters. The van der Waals surface area contributed by atoms with Crippen molar-refractivity contribution in [2.45, 2.75) is 6.54 Å². The number of nitrogens with zero attached hydrogens (tertiary/aromatic N) is 1. The van der Waals surface area contributed by atoms with Gasteiger partial charge in [-0.3, -0.25) is 4.98 Å². The number of hydrogen-bond acceptors (Lipinski definition) is 4. The molecule has 100 valence electrons. The Morgan fingerprint density at radius 1 is 1.53 bits per heavy atom. The fraction of sp³-hybridized carbons (Fsp3) is 0.154. The summed E-state index contributed by atoms with van der Waals surface area (Å²) in [6.45, 7) is 0.375. The van der Waals surface area contributed by atoms with Gasteiger partial charge in [-0.25, -0.2) is 4.79 Å². The first-order valence-corrected chi connectivity index (χ1v) is 6.95. The summed E-state index contributed by atoms with van der Waals surface area (Å²) < 4.78 is 5.22. The predicted octanol–water partition coefficient (Wildman–Crippen LogP) is 1.67. The highest BCUT2D eigenvalue weighted by atomic mass is 32.2. The summed E-state index contributed by atoms with van der Waals surface area (Å²) in [4.78, 5) is 14.5. The van der Waals surface area contributed by atoms with Crippen molar-refractivity contribution in [3.8, 4) is 0 Å². The molecule has 0 radical (unpaired) electrons. The van der Waals surface area contributed by atoms with E-state index >= 15 is 0 Å². The van der Waals surface area contributed by atoms with Crippen LogP contribution < -0.4 is 5.32 Å². The number of pyridine rings is 1. The molecule has 1 aromatic rings. The standard InChI is InChI=1S/C13H14N2O3S/c16-13(17)9-18-19-6-2-4-12(10-19)15-8-11-3-1-5-14-7-11/h1-7,10,15H,8-9H2,(H,16,17). The SMILES string of the molecule is O=C(O)COS1=CC=CC(NCc2cccnc2)=C1. The van der Waals surface area contributed by atoms with Crippen LogP contribution in [-0.2, 0) is 15.5 Å². The van der Waals surface area contributed by atoms with E-state index in [1.807, 2.05) is 35.1 Å². The number of aromatic nitrogens is 1. The lowest BCUT2D eigenvalue weighted by atomic mass is 10.3. The zero-order chi connectivity index (χ0) is 13.5. The Labute approximate surface area is 113 Å². The summed E-state index contributed by atoms with van der Waals surface area (Å²) in [5.41, 5.74) is 2.00. The molecule has 1 aromatic heterocycles. The van der Waals surface area contributed by atoms with Gasteiger partial charge in [0, 0.05) is 30.0 Å². The maximum absolute atomic E-state index is 10.4. The van der Waals surface area contributed by atoms with E-state index in [1.165, 1.54) is 0 Å². The van der Waals surface area contributed by atoms with Crippen LogP contribution in [0.15, 0.2) is 47.8 Å². The highest BCUT2D eigenvalue weighted by Gasteiger charge is 2.03. The van der Waals surface area contributed by atoms with Gasteiger partial charge in [0.1, 0.15) is 0 Å². The lowest BCUT2D eigenvalue weighted by Crippen LogP contribution is -2.12. The van der Waals surface area contributed by atoms with E-state index in [1.54, 1.807) is 12.4 Å². The average molecular weight is 278 g/mol. The Balaban J connectivity index is 1.89. The maximum Gasteiger partial charge on any atom is 0.330 e. The van der Waals surface area contributed by atoms with Crippen LogP contribution in [0.25, 0.3) is 0 Å². The van der Waals surface area contributed by atoms with Crippen LogP contribution in [0.5, 0.6) is 0 Å². The molecule has 2 heterocycles. The van der Waals surface area contributed by atoms with Crippen LogP contribution in [0.4, 0.5) is 0 Å². The van der Waals surface area contributed by atoms with E-state index < -0.39 is 16.7 Å². The third-order valence-electron chi connectivity index (χ3n) is 2.27. The Hall–Kier alpha value is -1.92. The molecule has 0 saturated carbocycles. The fourth-order valence-corrected chi connectivity index (χ4v) is 2.53. The summed E-state index contributed by atoms with van der Waals surface area (Å²) >= 11 is 0. The van der Waals surface area contributed by atoms with Crippen molar-refractivity contribution < 1.29 is 14.1 Å². The van der Waals surface area contributed by atoms with Gasteiger partial charge in [0.2, 0.25) is 0 Å². The van der Waals surface area contributed by atoms with Gasteiger partial charge in [-0.15, -0.1) is 0 Å². The molecule has 6 heteroatoms. The molecular formula is C13H14N2O3S. The summed E-state index contributed by atoms with van der Waals surface area (Å²) in [6.07, 6.45) is 7.31. The highest BCUT2D eigenvalue weighted by molar-refractivity contribution is 8.13. The quantitative estimate of drug-likeness (QED) is 0.774. The van der Waals surface area contributed by atoms with Crippen molar-refractivity contribution in [3.05, 3.63) is 53.3 Å². The molecule has 1 atom stereocenters. The second-order valence-corrected chi connectivity index (χ2v) is 5.17. The molecule has 5 nitrogen and oxygen atoms in total. The molecule has 19 heavy (non-hydrogen) atoms. The topological polar surface area (TPSA) is 71.5 Å². The Morgan fingerprint density at radius 2 is 2.42 bits per heavy atom. The average Bonchev–Trinajstić information content (AvgIpc) is 2.44. The molecule has 1 aliphatic heterocycles. The lowest BCUT2D eigenvalue weighted by molar-refractivity contribution is -0.138. The van der Waals surface area contributed by atoms with Crippen LogP contribution in [-0.4, -0.2) is 28.0 Å². The number of carbonyl (C=O) groups is 1. The van der Waals surface area contributed by atoms with Crippen LogP contribution in [0.3, 0.4) is 0 Å². The third kappa shape index (κ3) is 4.69. The van der Waals surface area contributed by atoms with Gasteiger partial charge in [-0.2, -0.15) is 0 Å². The Kier molecular flexibility index (Phi) is 4.88. The van der Waals surface area contributed by atoms with Gasteiger partial charge in [-0.1, -0.05) is 12.1 Å². The maximum atomic E-state index is 10.4. The van der Waals surface area contributed by atoms with E-state index in [0.717, 1.165) is 11.3 Å². The van der Waals surface area contributed by atoms with Crippen molar-refractivity contribution >= 4 is 22.1 Å². The highest BCUT2D eigenvalue weighted by Crippen LogP contribution is 2.21. The van der Waals surface area contributed by atoms with Crippen LogP contribution in [0.2, 0.25) is 0 Å². The van der Waals surface area contributed by atoms with Gasteiger partial charge in [0.15, 0.2) is 6.61 Å². The predicted molar refractivity (Wildman–Crippen MR) is 75.5 cm³/mol. The van der Waals surface area contributed by atoms with Crippen molar-refractivity contribution in [1.82, 2.24) is 10.3 Å². The van der Waals surface area contributed by atoms with Gasteiger partial charge in [0.05, 0.1) is 0 Å². The molecule has 0 fully saturated rings. The first-order chi connectivity index (χ1) is 9.24. The minimum atomic E-state index is -0.964.